The van der Waals surface area contributed by atoms with Gasteiger partial charge in [0.15, 0.2) is 12.4 Å². The second-order valence-corrected chi connectivity index (χ2v) is 6.90. The summed E-state index contributed by atoms with van der Waals surface area (Å²) in [6.45, 7) is 9.15. The summed E-state index contributed by atoms with van der Waals surface area (Å²) >= 11 is 0. The molecule has 0 aliphatic heterocycles. The Labute approximate surface area is 154 Å². The summed E-state index contributed by atoms with van der Waals surface area (Å²) in [5.41, 5.74) is 0.611. The van der Waals surface area contributed by atoms with Gasteiger partial charge in [-0.2, -0.15) is 0 Å². The van der Waals surface area contributed by atoms with Crippen LogP contribution in [0.25, 0.3) is 0 Å². The van der Waals surface area contributed by atoms with Crippen molar-refractivity contribution in [2.75, 3.05) is 19.8 Å². The fourth-order valence-corrected chi connectivity index (χ4v) is 1.91. The molecular formula is C20H28O6. The molecule has 0 aliphatic rings. The number of carbonyl (C=O) groups excluding carboxylic acids is 3. The molecule has 1 aromatic carbocycles. The molecule has 1 aromatic rings. The van der Waals surface area contributed by atoms with E-state index in [2.05, 4.69) is 0 Å². The zero-order chi connectivity index (χ0) is 19.7. The van der Waals surface area contributed by atoms with E-state index < -0.39 is 5.97 Å². The molecule has 1 rings (SSSR count). The maximum atomic E-state index is 11.9. The van der Waals surface area contributed by atoms with Crippen LogP contribution in [0.3, 0.4) is 0 Å². The number of esters is 2. The average molecular weight is 364 g/mol. The Morgan fingerprint density at radius 1 is 0.846 bits per heavy atom. The van der Waals surface area contributed by atoms with Crippen LogP contribution in [0.1, 0.15) is 45.0 Å². The van der Waals surface area contributed by atoms with Gasteiger partial charge in [-0.25, -0.2) is 4.79 Å². The first kappa shape index (κ1) is 21.7. The summed E-state index contributed by atoms with van der Waals surface area (Å²) in [7, 11) is 0. The lowest BCUT2D eigenvalue weighted by Gasteiger charge is -2.14. The van der Waals surface area contributed by atoms with Crippen LogP contribution in [0.2, 0.25) is 0 Å². The predicted octanol–water partition coefficient (Wildman–Crippen LogP) is 3.28. The lowest BCUT2D eigenvalue weighted by atomic mass is 10.0. The first-order valence-corrected chi connectivity index (χ1v) is 8.80. The summed E-state index contributed by atoms with van der Waals surface area (Å²) in [5.74, 6) is -0.577. The predicted molar refractivity (Wildman–Crippen MR) is 97.0 cm³/mol. The molecule has 144 valence electrons. The molecule has 1 atom stereocenters. The van der Waals surface area contributed by atoms with Crippen molar-refractivity contribution in [1.82, 2.24) is 0 Å². The fourth-order valence-electron chi connectivity index (χ4n) is 1.91. The average Bonchev–Trinajstić information content (AvgIpc) is 2.62. The monoisotopic (exact) mass is 364 g/mol. The zero-order valence-electron chi connectivity index (χ0n) is 16.1. The molecule has 6 nitrogen and oxygen atoms in total. The Morgan fingerprint density at radius 2 is 1.42 bits per heavy atom. The minimum Gasteiger partial charge on any atom is -0.482 e. The molecule has 0 heterocycles. The summed E-state index contributed by atoms with van der Waals surface area (Å²) in [6, 6.07) is 6.65. The molecule has 0 radical (unpaired) electrons. The third-order valence-electron chi connectivity index (χ3n) is 3.53. The van der Waals surface area contributed by atoms with Gasteiger partial charge in [0.1, 0.15) is 5.75 Å². The number of carbonyl (C=O) groups is 3. The maximum absolute atomic E-state index is 11.9. The highest BCUT2D eigenvalue weighted by molar-refractivity contribution is 5.97. The third-order valence-corrected chi connectivity index (χ3v) is 3.53. The van der Waals surface area contributed by atoms with Gasteiger partial charge in [-0.3, -0.25) is 9.59 Å². The fraction of sp³-hybridized carbons (Fsp3) is 0.550. The quantitative estimate of drug-likeness (QED) is 0.468. The Hall–Kier alpha value is -2.37. The van der Waals surface area contributed by atoms with Crippen molar-refractivity contribution < 1.29 is 28.6 Å². The lowest BCUT2D eigenvalue weighted by Crippen LogP contribution is -2.22. The van der Waals surface area contributed by atoms with E-state index in [0.717, 1.165) is 0 Å². The van der Waals surface area contributed by atoms with Crippen LogP contribution in [-0.2, 0) is 19.1 Å². The number of hydrogen-bond donors (Lipinski definition) is 0. The summed E-state index contributed by atoms with van der Waals surface area (Å²) in [4.78, 5) is 35.0. The molecule has 0 aliphatic carbocycles. The smallest absolute Gasteiger partial charge is 0.344 e. The molecule has 0 saturated heterocycles. The molecule has 0 amide bonds. The number of ether oxygens (including phenoxy) is 3. The van der Waals surface area contributed by atoms with E-state index in [4.69, 9.17) is 14.2 Å². The molecule has 0 aromatic heterocycles. The number of benzene rings is 1. The van der Waals surface area contributed by atoms with E-state index in [1.165, 1.54) is 0 Å². The van der Waals surface area contributed by atoms with Gasteiger partial charge in [-0.05, 0) is 24.3 Å². The van der Waals surface area contributed by atoms with Gasteiger partial charge in [-0.1, -0.05) is 34.6 Å². The van der Waals surface area contributed by atoms with Crippen LogP contribution in [0.5, 0.6) is 5.75 Å². The molecule has 0 fully saturated rings. The van der Waals surface area contributed by atoms with Gasteiger partial charge < -0.3 is 14.2 Å². The van der Waals surface area contributed by atoms with Crippen LogP contribution < -0.4 is 4.74 Å². The standard InChI is InChI=1S/C20H28O6/c1-13(2)19(22)16-6-8-17(9-7-16)24-12-18(21)25-10-15(5)11-26-20(23)14(3)4/h6-9,13-15H,10-12H2,1-5H3. The largest absolute Gasteiger partial charge is 0.482 e. The van der Waals surface area contributed by atoms with Crippen molar-refractivity contribution in [3.05, 3.63) is 29.8 Å². The van der Waals surface area contributed by atoms with Gasteiger partial charge in [0, 0.05) is 17.4 Å². The Balaban J connectivity index is 2.31. The van der Waals surface area contributed by atoms with Crippen molar-refractivity contribution in [3.8, 4) is 5.75 Å². The first-order chi connectivity index (χ1) is 12.2. The van der Waals surface area contributed by atoms with Gasteiger partial charge in [0.05, 0.1) is 19.1 Å². The molecule has 0 bridgehead atoms. The molecule has 0 saturated carbocycles. The Bertz CT molecular complexity index is 603. The Kier molecular flexibility index (Phi) is 8.82. The molecule has 0 spiro atoms. The second-order valence-electron chi connectivity index (χ2n) is 6.90. The van der Waals surface area contributed by atoms with Crippen molar-refractivity contribution in [2.24, 2.45) is 17.8 Å². The number of rotatable bonds is 10. The van der Waals surface area contributed by atoms with E-state index in [1.54, 1.807) is 38.1 Å². The molecule has 1 unspecified atom stereocenters. The van der Waals surface area contributed by atoms with Crippen LogP contribution in [0.4, 0.5) is 0 Å². The highest BCUT2D eigenvalue weighted by atomic mass is 16.6. The molecule has 6 heteroatoms. The van der Waals surface area contributed by atoms with Crippen molar-refractivity contribution in [1.29, 1.82) is 0 Å². The van der Waals surface area contributed by atoms with Crippen molar-refractivity contribution >= 4 is 17.7 Å². The van der Waals surface area contributed by atoms with Gasteiger partial charge >= 0.3 is 11.9 Å². The molecule has 26 heavy (non-hydrogen) atoms. The van der Waals surface area contributed by atoms with Gasteiger partial charge in [-0.15, -0.1) is 0 Å². The zero-order valence-corrected chi connectivity index (χ0v) is 16.1. The second kappa shape index (κ2) is 10.6. The lowest BCUT2D eigenvalue weighted by molar-refractivity contribution is -0.151. The minimum atomic E-state index is -0.505. The third kappa shape index (κ3) is 7.68. The topological polar surface area (TPSA) is 78.9 Å². The normalized spacial score (nSPS) is 12.0. The van der Waals surface area contributed by atoms with Crippen molar-refractivity contribution in [2.45, 2.75) is 34.6 Å². The van der Waals surface area contributed by atoms with E-state index in [-0.39, 0.29) is 49.3 Å². The maximum Gasteiger partial charge on any atom is 0.344 e. The van der Waals surface area contributed by atoms with Gasteiger partial charge in [0.2, 0.25) is 0 Å². The molecule has 0 N–H and O–H groups in total. The number of hydrogen-bond acceptors (Lipinski definition) is 6. The van der Waals surface area contributed by atoms with Crippen molar-refractivity contribution in [3.63, 3.8) is 0 Å². The van der Waals surface area contributed by atoms with Gasteiger partial charge in [0.25, 0.3) is 0 Å². The van der Waals surface area contributed by atoms with E-state index in [1.807, 2.05) is 20.8 Å². The summed E-state index contributed by atoms with van der Waals surface area (Å²) in [6.07, 6.45) is 0. The van der Waals surface area contributed by atoms with E-state index >= 15 is 0 Å². The number of ketones is 1. The summed E-state index contributed by atoms with van der Waals surface area (Å²) < 4.78 is 15.5. The van der Waals surface area contributed by atoms with Crippen LogP contribution in [0, 0.1) is 17.8 Å². The van der Waals surface area contributed by atoms with Crippen LogP contribution in [0.15, 0.2) is 24.3 Å². The van der Waals surface area contributed by atoms with Crippen LogP contribution >= 0.6 is 0 Å². The highest BCUT2D eigenvalue weighted by Crippen LogP contribution is 2.15. The SMILES string of the molecule is CC(COC(=O)COc1ccc(C(=O)C(C)C)cc1)COC(=O)C(C)C. The Morgan fingerprint density at radius 3 is 1.96 bits per heavy atom. The molecular weight excluding hydrogens is 336 g/mol. The van der Waals surface area contributed by atoms with Crippen LogP contribution in [-0.4, -0.2) is 37.5 Å². The summed E-state index contributed by atoms with van der Waals surface area (Å²) in [5, 5.41) is 0. The first-order valence-electron chi connectivity index (χ1n) is 8.80. The minimum absolute atomic E-state index is 0.0584. The van der Waals surface area contributed by atoms with E-state index in [0.29, 0.717) is 11.3 Å². The highest BCUT2D eigenvalue weighted by Gasteiger charge is 2.14. The number of Topliss-reactive ketones (excluding diaryl/α,β-unsaturated/α-hetero) is 1. The van der Waals surface area contributed by atoms with E-state index in [9.17, 15) is 14.4 Å².